The van der Waals surface area contributed by atoms with Crippen LogP contribution in [0.2, 0.25) is 0 Å². The van der Waals surface area contributed by atoms with Crippen LogP contribution < -0.4 is 5.32 Å². The van der Waals surface area contributed by atoms with E-state index in [4.69, 9.17) is 4.74 Å². The summed E-state index contributed by atoms with van der Waals surface area (Å²) < 4.78 is 4.99. The zero-order chi connectivity index (χ0) is 19.3. The van der Waals surface area contributed by atoms with E-state index in [2.05, 4.69) is 26.1 Å². The summed E-state index contributed by atoms with van der Waals surface area (Å²) in [5.74, 6) is -1.12. The molecule has 1 amide bonds. The molecule has 2 aromatic carbocycles. The number of ether oxygens (including phenoxy) is 1. The minimum Gasteiger partial charge on any atom is -0.452 e. The molecule has 7 heteroatoms. The van der Waals surface area contributed by atoms with Gasteiger partial charge in [-0.15, -0.1) is 0 Å². The molecule has 0 aromatic heterocycles. The number of nitrogens with zero attached hydrogens (tertiary/aromatic N) is 1. The second kappa shape index (κ2) is 7.77. The highest BCUT2D eigenvalue weighted by molar-refractivity contribution is 5.95. The lowest BCUT2D eigenvalue weighted by Gasteiger charge is -2.18. The summed E-state index contributed by atoms with van der Waals surface area (Å²) in [6.07, 6.45) is 0. The Bertz CT molecular complexity index is 805. The summed E-state index contributed by atoms with van der Waals surface area (Å²) in [4.78, 5) is 33.9. The Balaban J connectivity index is 1.88. The Morgan fingerprint density at radius 2 is 1.62 bits per heavy atom. The molecule has 2 aromatic rings. The number of non-ortho nitro benzene ring substituents is 1. The van der Waals surface area contributed by atoms with Crippen molar-refractivity contribution in [1.82, 2.24) is 0 Å². The van der Waals surface area contributed by atoms with E-state index < -0.39 is 23.4 Å². The van der Waals surface area contributed by atoms with Gasteiger partial charge in [-0.05, 0) is 35.2 Å². The third-order valence-electron chi connectivity index (χ3n) is 3.68. The van der Waals surface area contributed by atoms with E-state index in [0.29, 0.717) is 11.3 Å². The van der Waals surface area contributed by atoms with Gasteiger partial charge < -0.3 is 10.1 Å². The van der Waals surface area contributed by atoms with Crippen LogP contribution in [0, 0.1) is 10.1 Å². The molecule has 2 rings (SSSR count). The van der Waals surface area contributed by atoms with E-state index in [0.717, 1.165) is 5.56 Å². The van der Waals surface area contributed by atoms with Gasteiger partial charge in [-0.2, -0.15) is 0 Å². The lowest BCUT2D eigenvalue weighted by Crippen LogP contribution is -2.21. The molecule has 0 fully saturated rings. The third kappa shape index (κ3) is 5.14. The lowest BCUT2D eigenvalue weighted by atomic mass is 9.87. The van der Waals surface area contributed by atoms with Crippen molar-refractivity contribution < 1.29 is 19.2 Å². The second-order valence-electron chi connectivity index (χ2n) is 6.76. The maximum Gasteiger partial charge on any atom is 0.338 e. The number of carbonyl (C=O) groups is 2. The monoisotopic (exact) mass is 356 g/mol. The molecule has 136 valence electrons. The normalized spacial score (nSPS) is 10.9. The molecule has 0 unspecified atom stereocenters. The first kappa shape index (κ1) is 19.1. The van der Waals surface area contributed by atoms with E-state index >= 15 is 0 Å². The number of nitro groups is 1. The summed E-state index contributed by atoms with van der Waals surface area (Å²) in [6, 6.07) is 12.4. The van der Waals surface area contributed by atoms with Gasteiger partial charge in [-0.25, -0.2) is 4.79 Å². The van der Waals surface area contributed by atoms with Gasteiger partial charge in [0.1, 0.15) is 0 Å². The maximum absolute atomic E-state index is 12.0. The summed E-state index contributed by atoms with van der Waals surface area (Å²) in [7, 11) is 0. The molecule has 26 heavy (non-hydrogen) atoms. The predicted octanol–water partition coefficient (Wildman–Crippen LogP) is 3.69. The highest BCUT2D eigenvalue weighted by Crippen LogP contribution is 2.22. The van der Waals surface area contributed by atoms with Crippen LogP contribution in [-0.4, -0.2) is 23.4 Å². The maximum atomic E-state index is 12.0. The Labute approximate surface area is 151 Å². The van der Waals surface area contributed by atoms with E-state index in [1.54, 1.807) is 12.1 Å². The number of carbonyl (C=O) groups excluding carboxylic acids is 2. The van der Waals surface area contributed by atoms with Crippen molar-refractivity contribution >= 4 is 23.3 Å². The highest BCUT2D eigenvalue weighted by atomic mass is 16.6. The zero-order valence-corrected chi connectivity index (χ0v) is 14.8. The standard InChI is InChI=1S/C19H20N2O5/c1-19(2,3)14-6-4-13(5-7-14)18(23)26-12-17(22)20-15-8-10-16(11-9-15)21(24)25/h4-11H,12H2,1-3H3,(H,20,22). The number of esters is 1. The molecule has 1 N–H and O–H groups in total. The Morgan fingerprint density at radius 1 is 1.04 bits per heavy atom. The fraction of sp³-hybridized carbons (Fsp3) is 0.263. The number of nitrogens with one attached hydrogen (secondary N) is 1. The number of amides is 1. The van der Waals surface area contributed by atoms with E-state index in [1.807, 2.05) is 12.1 Å². The van der Waals surface area contributed by atoms with Crippen molar-refractivity contribution in [1.29, 1.82) is 0 Å². The minimum absolute atomic E-state index is 0.0208. The lowest BCUT2D eigenvalue weighted by molar-refractivity contribution is -0.384. The smallest absolute Gasteiger partial charge is 0.338 e. The van der Waals surface area contributed by atoms with Crippen LogP contribution in [-0.2, 0) is 14.9 Å². The Hall–Kier alpha value is -3.22. The predicted molar refractivity (Wildman–Crippen MR) is 97.2 cm³/mol. The molecule has 0 saturated heterocycles. The second-order valence-corrected chi connectivity index (χ2v) is 6.76. The van der Waals surface area contributed by atoms with Crippen molar-refractivity contribution in [2.24, 2.45) is 0 Å². The average molecular weight is 356 g/mol. The van der Waals surface area contributed by atoms with Gasteiger partial charge in [0.15, 0.2) is 6.61 Å². The van der Waals surface area contributed by atoms with Crippen molar-refractivity contribution in [3.63, 3.8) is 0 Å². The molecule has 0 aliphatic heterocycles. The van der Waals surface area contributed by atoms with Gasteiger partial charge in [0.2, 0.25) is 0 Å². The molecular weight excluding hydrogens is 336 g/mol. The summed E-state index contributed by atoms with van der Waals surface area (Å²) in [5.41, 5.74) is 1.73. The number of hydrogen-bond donors (Lipinski definition) is 1. The largest absolute Gasteiger partial charge is 0.452 e. The topological polar surface area (TPSA) is 98.5 Å². The van der Waals surface area contributed by atoms with Gasteiger partial charge in [-0.3, -0.25) is 14.9 Å². The van der Waals surface area contributed by atoms with Crippen LogP contribution >= 0.6 is 0 Å². The van der Waals surface area contributed by atoms with Crippen LogP contribution in [0.5, 0.6) is 0 Å². The van der Waals surface area contributed by atoms with Crippen LogP contribution in [0.25, 0.3) is 0 Å². The molecule has 0 heterocycles. The number of nitro benzene ring substituents is 1. The first-order valence-corrected chi connectivity index (χ1v) is 7.99. The summed E-state index contributed by atoms with van der Waals surface area (Å²) in [6.45, 7) is 5.77. The fourth-order valence-corrected chi connectivity index (χ4v) is 2.18. The fourth-order valence-electron chi connectivity index (χ4n) is 2.18. The average Bonchev–Trinajstić information content (AvgIpc) is 2.59. The molecule has 0 bridgehead atoms. The van der Waals surface area contributed by atoms with E-state index in [-0.39, 0.29) is 11.1 Å². The Morgan fingerprint density at radius 3 is 2.12 bits per heavy atom. The third-order valence-corrected chi connectivity index (χ3v) is 3.68. The minimum atomic E-state index is -0.593. The van der Waals surface area contributed by atoms with Gasteiger partial charge in [0.25, 0.3) is 11.6 Å². The van der Waals surface area contributed by atoms with Gasteiger partial charge in [-0.1, -0.05) is 32.9 Å². The van der Waals surface area contributed by atoms with E-state index in [9.17, 15) is 19.7 Å². The van der Waals surface area contributed by atoms with Crippen molar-refractivity contribution in [3.05, 3.63) is 69.8 Å². The molecule has 0 atom stereocenters. The SMILES string of the molecule is CC(C)(C)c1ccc(C(=O)OCC(=O)Nc2ccc([N+](=O)[O-])cc2)cc1. The van der Waals surface area contributed by atoms with Crippen LogP contribution in [0.4, 0.5) is 11.4 Å². The molecule has 0 spiro atoms. The van der Waals surface area contributed by atoms with Crippen LogP contribution in [0.1, 0.15) is 36.7 Å². The van der Waals surface area contributed by atoms with Crippen molar-refractivity contribution in [2.45, 2.75) is 26.2 Å². The van der Waals surface area contributed by atoms with Crippen LogP contribution in [0.3, 0.4) is 0 Å². The van der Waals surface area contributed by atoms with Gasteiger partial charge in [0, 0.05) is 17.8 Å². The van der Waals surface area contributed by atoms with Gasteiger partial charge in [0.05, 0.1) is 10.5 Å². The zero-order valence-electron chi connectivity index (χ0n) is 14.8. The van der Waals surface area contributed by atoms with E-state index in [1.165, 1.54) is 24.3 Å². The molecule has 0 saturated carbocycles. The van der Waals surface area contributed by atoms with Gasteiger partial charge >= 0.3 is 5.97 Å². The highest BCUT2D eigenvalue weighted by Gasteiger charge is 2.15. The summed E-state index contributed by atoms with van der Waals surface area (Å²) in [5, 5.41) is 13.1. The summed E-state index contributed by atoms with van der Waals surface area (Å²) >= 11 is 0. The van der Waals surface area contributed by atoms with Crippen molar-refractivity contribution in [3.8, 4) is 0 Å². The van der Waals surface area contributed by atoms with Crippen LogP contribution in [0.15, 0.2) is 48.5 Å². The number of benzene rings is 2. The Kier molecular flexibility index (Phi) is 5.71. The van der Waals surface area contributed by atoms with Crippen molar-refractivity contribution in [2.75, 3.05) is 11.9 Å². The quantitative estimate of drug-likeness (QED) is 0.500. The number of hydrogen-bond acceptors (Lipinski definition) is 5. The first-order chi connectivity index (χ1) is 12.2. The molecule has 7 nitrogen and oxygen atoms in total. The molecule has 0 aliphatic rings. The first-order valence-electron chi connectivity index (χ1n) is 7.99. The number of rotatable bonds is 5. The molecular formula is C19H20N2O5. The molecule has 0 radical (unpaired) electrons. The molecule has 0 aliphatic carbocycles. The number of anilines is 1.